The first kappa shape index (κ1) is 62.5. The summed E-state index contributed by atoms with van der Waals surface area (Å²) in [6, 6.07) is 13.6. The van der Waals surface area contributed by atoms with Crippen molar-refractivity contribution in [3.05, 3.63) is 71.3 Å². The Morgan fingerprint density at radius 2 is 1.21 bits per heavy atom. The van der Waals surface area contributed by atoms with E-state index in [1.54, 1.807) is 30.3 Å². The number of nitrogens with zero attached hydrogens (tertiary/aromatic N) is 2. The summed E-state index contributed by atoms with van der Waals surface area (Å²) in [6.45, 7) is 5.79. The van der Waals surface area contributed by atoms with Crippen LogP contribution in [-0.4, -0.2) is 102 Å². The number of likely N-dealkylation sites (N-methyl/N-ethyl adjacent to an activating group) is 1. The Hall–Kier alpha value is -2.14. The SMILES string of the molecule is CC(=O)OOC(C)=O.CC(=O)[O-].CN(C)CCN.CN(C)CNC(c1ccccc1F)C1CCCCC1.ClCCCl.O=C(c1ccccc1F)C1CCCCC1.[B].[Na+]. The van der Waals surface area contributed by atoms with Crippen LogP contribution in [0, 0.1) is 23.5 Å². The predicted octanol–water partition coefficient (Wildman–Crippen LogP) is 3.52. The van der Waals surface area contributed by atoms with Gasteiger partial charge in [0.25, 0.3) is 0 Å². The molecular weight excluding hydrogens is 803 g/mol. The molecule has 3 radical (unpaired) electrons. The van der Waals surface area contributed by atoms with Gasteiger partial charge < -0.3 is 20.5 Å². The van der Waals surface area contributed by atoms with Crippen LogP contribution in [0.4, 0.5) is 8.78 Å². The maximum Gasteiger partial charge on any atom is 1.00 e. The molecular formula is C41H65BCl2F2N4NaO7. The molecule has 0 saturated heterocycles. The Kier molecular flexibility index (Phi) is 43.4. The Bertz CT molecular complexity index is 1340. The fourth-order valence-electron chi connectivity index (χ4n) is 5.63. The number of carboxylic acids is 1. The van der Waals surface area contributed by atoms with Crippen LogP contribution in [-0.2, 0) is 24.2 Å². The average Bonchev–Trinajstić information content (AvgIpc) is 3.16. The second kappa shape index (κ2) is 40.3. The smallest absolute Gasteiger partial charge is 0.550 e. The van der Waals surface area contributed by atoms with Crippen molar-refractivity contribution in [3.63, 3.8) is 0 Å². The first-order chi connectivity index (χ1) is 26.5. The fraction of sp³-hybridized carbons (Fsp3) is 0.610. The van der Waals surface area contributed by atoms with E-state index in [1.165, 1.54) is 44.6 Å². The van der Waals surface area contributed by atoms with Gasteiger partial charge >= 0.3 is 41.5 Å². The largest absolute Gasteiger partial charge is 1.00 e. The second-order valence-corrected chi connectivity index (χ2v) is 14.4. The molecule has 323 valence electrons. The van der Waals surface area contributed by atoms with Crippen LogP contribution in [0.1, 0.15) is 107 Å². The van der Waals surface area contributed by atoms with Gasteiger partial charge in [-0.05, 0) is 84.9 Å². The molecule has 3 N–H and O–H groups in total. The molecule has 0 spiro atoms. The number of aliphatic carboxylic acids is 1. The minimum atomic E-state index is -1.08. The van der Waals surface area contributed by atoms with E-state index in [0.29, 0.717) is 17.7 Å². The molecule has 4 rings (SSSR count). The molecule has 0 bridgehead atoms. The number of carbonyl (C=O) groups is 4. The van der Waals surface area contributed by atoms with Crippen LogP contribution < -0.4 is 45.7 Å². The maximum atomic E-state index is 14.1. The number of alkyl halides is 2. The van der Waals surface area contributed by atoms with Crippen molar-refractivity contribution in [3.8, 4) is 0 Å². The van der Waals surface area contributed by atoms with Crippen LogP contribution >= 0.6 is 23.2 Å². The molecule has 1 unspecified atom stereocenters. The molecule has 0 amide bonds. The molecule has 11 nitrogen and oxygen atoms in total. The number of nitrogens with one attached hydrogen (secondary N) is 1. The number of rotatable bonds is 10. The standard InChI is InChI=1S/C16H25FN2.C13H15FO.C4H12N2.C4H6O4.C2H4Cl2.C2H4O2.B.Na/c1-19(2)12-18-16(13-8-4-3-5-9-13)14-10-6-7-11-15(14)17;14-12-9-5-4-8-11(12)13(15)10-6-2-1-3-7-10;1-6(2)4-3-5;1-3(5)7-8-4(2)6;3-1-2-4;1-2(3)4;;/h6-7,10-11,13,16,18H,3-5,8-9,12H2,1-2H3;4-5,8-10H,1-3,6-7H2;3-5H2,1-2H3;1-2H3;1-2H2;1H3,(H,3,4);;/q;;;;;;;+1/p-1. The van der Waals surface area contributed by atoms with Gasteiger partial charge in [-0.15, -0.1) is 23.2 Å². The molecule has 0 heterocycles. The van der Waals surface area contributed by atoms with E-state index in [4.69, 9.17) is 38.8 Å². The van der Waals surface area contributed by atoms with Crippen LogP contribution in [0.25, 0.3) is 0 Å². The van der Waals surface area contributed by atoms with Gasteiger partial charge in [0.15, 0.2) is 5.78 Å². The third-order valence-corrected chi connectivity index (χ3v) is 8.60. The monoisotopic (exact) mass is 867 g/mol. The van der Waals surface area contributed by atoms with Crippen molar-refractivity contribution >= 4 is 55.3 Å². The van der Waals surface area contributed by atoms with E-state index in [-0.39, 0.29) is 72.9 Å². The zero-order valence-corrected chi connectivity index (χ0v) is 39.4. The van der Waals surface area contributed by atoms with Crippen LogP contribution in [0.3, 0.4) is 0 Å². The number of nitrogens with two attached hydrogens (primary N) is 1. The van der Waals surface area contributed by atoms with Gasteiger partial charge in [-0.1, -0.05) is 68.9 Å². The van der Waals surface area contributed by atoms with E-state index in [0.717, 1.165) is 71.8 Å². The number of hydrogen-bond acceptors (Lipinski definition) is 11. The minimum Gasteiger partial charge on any atom is -0.550 e. The van der Waals surface area contributed by atoms with Gasteiger partial charge in [0.1, 0.15) is 11.6 Å². The molecule has 2 aromatic carbocycles. The normalized spacial score (nSPS) is 13.8. The zero-order chi connectivity index (χ0) is 42.9. The van der Waals surface area contributed by atoms with Crippen molar-refractivity contribution in [2.75, 3.05) is 59.7 Å². The summed E-state index contributed by atoms with van der Waals surface area (Å²) in [5, 5.41) is 12.4. The van der Waals surface area contributed by atoms with Gasteiger partial charge in [-0.2, -0.15) is 0 Å². The topological polar surface area (TPSA) is 154 Å². The van der Waals surface area contributed by atoms with Crippen molar-refractivity contribution in [2.24, 2.45) is 17.6 Å². The fourth-order valence-corrected chi connectivity index (χ4v) is 5.63. The summed E-state index contributed by atoms with van der Waals surface area (Å²) >= 11 is 10.1. The van der Waals surface area contributed by atoms with Crippen LogP contribution in [0.15, 0.2) is 48.5 Å². The Morgan fingerprint density at radius 3 is 1.57 bits per heavy atom. The number of benzene rings is 2. The van der Waals surface area contributed by atoms with E-state index >= 15 is 0 Å². The zero-order valence-electron chi connectivity index (χ0n) is 35.9. The average molecular weight is 869 g/mol. The molecule has 1 atom stereocenters. The quantitative estimate of drug-likeness (QED) is 0.0901. The van der Waals surface area contributed by atoms with E-state index in [9.17, 15) is 23.2 Å². The molecule has 0 aromatic heterocycles. The summed E-state index contributed by atoms with van der Waals surface area (Å²) in [7, 11) is 8.08. The first-order valence-corrected chi connectivity index (χ1v) is 20.0. The van der Waals surface area contributed by atoms with E-state index < -0.39 is 17.9 Å². The Balaban J connectivity index is -0.000000333. The molecule has 2 aliphatic carbocycles. The van der Waals surface area contributed by atoms with Gasteiger partial charge in [0.05, 0.1) is 5.56 Å². The molecule has 2 aliphatic rings. The summed E-state index contributed by atoms with van der Waals surface area (Å²) in [5.41, 5.74) is 6.29. The first-order valence-electron chi connectivity index (χ1n) is 18.9. The molecule has 2 fully saturated rings. The summed E-state index contributed by atoms with van der Waals surface area (Å²) < 4.78 is 27.4. The molecule has 17 heteroatoms. The number of carbonyl (C=O) groups excluding carboxylic acids is 4. The molecule has 58 heavy (non-hydrogen) atoms. The van der Waals surface area contributed by atoms with E-state index in [2.05, 4.69) is 24.9 Å². The van der Waals surface area contributed by atoms with E-state index in [1.807, 2.05) is 40.3 Å². The van der Waals surface area contributed by atoms with Crippen LogP contribution in [0.2, 0.25) is 0 Å². The number of hydrogen-bond donors (Lipinski definition) is 2. The maximum absolute atomic E-state index is 14.1. The van der Waals surface area contributed by atoms with Gasteiger partial charge in [0.2, 0.25) is 0 Å². The van der Waals surface area contributed by atoms with Crippen molar-refractivity contribution in [2.45, 2.75) is 91.0 Å². The van der Waals surface area contributed by atoms with Crippen LogP contribution in [0.5, 0.6) is 0 Å². The number of Topliss-reactive ketones (excluding diaryl/α,β-unsaturated/α-hetero) is 1. The second-order valence-electron chi connectivity index (χ2n) is 13.6. The Labute approximate surface area is 380 Å². The molecule has 2 aromatic rings. The number of halogens is 4. The van der Waals surface area contributed by atoms with Crippen molar-refractivity contribution in [1.82, 2.24) is 15.1 Å². The van der Waals surface area contributed by atoms with Gasteiger partial charge in [-0.25, -0.2) is 28.1 Å². The van der Waals surface area contributed by atoms with Crippen molar-refractivity contribution in [1.29, 1.82) is 0 Å². The molecule has 2 saturated carbocycles. The van der Waals surface area contributed by atoms with Gasteiger partial charge in [0, 0.05) is 77.3 Å². The summed E-state index contributed by atoms with van der Waals surface area (Å²) in [6.07, 6.45) is 11.6. The van der Waals surface area contributed by atoms with Gasteiger partial charge in [-0.3, -0.25) is 15.0 Å². The minimum absolute atomic E-state index is 0. The number of ketones is 1. The molecule has 0 aliphatic heterocycles. The third kappa shape index (κ3) is 34.7. The predicted molar refractivity (Wildman–Crippen MR) is 224 cm³/mol. The van der Waals surface area contributed by atoms with Crippen molar-refractivity contribution < 1.29 is 72.4 Å². The summed E-state index contributed by atoms with van der Waals surface area (Å²) in [4.78, 5) is 52.3. The summed E-state index contributed by atoms with van der Waals surface area (Å²) in [5.74, 6) is -1.10. The Morgan fingerprint density at radius 1 is 0.776 bits per heavy atom. The number of carboxylic acid groups (broad SMARTS) is 1. The third-order valence-electron chi connectivity index (χ3n) is 8.03.